The quantitative estimate of drug-likeness (QED) is 0.295. The first-order chi connectivity index (χ1) is 15.2. The van der Waals surface area contributed by atoms with Crippen molar-refractivity contribution in [2.45, 2.75) is 98.7 Å². The minimum atomic E-state index is -1.15. The van der Waals surface area contributed by atoms with Gasteiger partial charge < -0.3 is 30.7 Å². The van der Waals surface area contributed by atoms with Gasteiger partial charge in [-0.3, -0.25) is 9.59 Å². The lowest BCUT2D eigenvalue weighted by molar-refractivity contribution is -0.207. The van der Waals surface area contributed by atoms with Gasteiger partial charge in [0.25, 0.3) is 0 Å². The molecule has 7 atom stereocenters. The van der Waals surface area contributed by atoms with Crippen LogP contribution in [-0.4, -0.2) is 84.3 Å². The molecule has 4 rings (SSSR count). The number of nitrogens with zero attached hydrogens (tertiary/aromatic N) is 2. The number of nitrogens with two attached hydrogens (primary N) is 2. The van der Waals surface area contributed by atoms with Crippen molar-refractivity contribution in [1.29, 1.82) is 0 Å². The number of ether oxygens (including phenoxy) is 2. The van der Waals surface area contributed by atoms with Crippen LogP contribution in [0.4, 0.5) is 0 Å². The van der Waals surface area contributed by atoms with Gasteiger partial charge in [0.05, 0.1) is 0 Å². The monoisotopic (exact) mass is 500 g/mol. The maximum atomic E-state index is 13.2. The van der Waals surface area contributed by atoms with Crippen molar-refractivity contribution in [2.24, 2.45) is 17.4 Å². The first-order valence-corrected chi connectivity index (χ1v) is 12.9. The summed E-state index contributed by atoms with van der Waals surface area (Å²) in [5.74, 6) is -2.13. The zero-order valence-corrected chi connectivity index (χ0v) is 21.3. The molecule has 0 saturated carbocycles. The average Bonchev–Trinajstić information content (AvgIpc) is 3.17. The number of esters is 2. The van der Waals surface area contributed by atoms with E-state index in [0.717, 1.165) is 0 Å². The Labute approximate surface area is 201 Å². The van der Waals surface area contributed by atoms with Gasteiger partial charge in [0, 0.05) is 15.4 Å². The number of thioether (sulfide) groups is 2. The summed E-state index contributed by atoms with van der Waals surface area (Å²) in [6.07, 6.45) is -0.562. The van der Waals surface area contributed by atoms with Crippen molar-refractivity contribution in [1.82, 2.24) is 9.80 Å². The molecule has 4 fully saturated rings. The van der Waals surface area contributed by atoms with E-state index in [-0.39, 0.29) is 28.5 Å². The predicted molar refractivity (Wildman–Crippen MR) is 124 cm³/mol. The lowest BCUT2D eigenvalue weighted by Crippen LogP contribution is -2.69. The van der Waals surface area contributed by atoms with E-state index >= 15 is 0 Å². The van der Waals surface area contributed by atoms with Crippen LogP contribution in [0, 0.1) is 5.92 Å². The molecule has 4 heterocycles. The molecule has 184 valence electrons. The third-order valence-corrected chi connectivity index (χ3v) is 10.2. The highest BCUT2D eigenvalue weighted by Crippen LogP contribution is 2.52. The molecule has 12 heteroatoms. The van der Waals surface area contributed by atoms with Gasteiger partial charge in [-0.15, -0.1) is 23.5 Å². The molecule has 0 aromatic heterocycles. The number of fused-ring (bicyclic) bond motifs is 2. The Kier molecular flexibility index (Phi) is 5.99. The van der Waals surface area contributed by atoms with Crippen LogP contribution in [0.25, 0.3) is 0 Å². The van der Waals surface area contributed by atoms with Gasteiger partial charge in [-0.05, 0) is 34.1 Å². The Hall–Kier alpha value is -1.50. The molecule has 4 N–H and O–H groups in total. The van der Waals surface area contributed by atoms with Crippen molar-refractivity contribution in [3.8, 4) is 0 Å². The van der Waals surface area contributed by atoms with Gasteiger partial charge in [0.1, 0.15) is 34.9 Å². The molecule has 4 aliphatic rings. The zero-order valence-electron chi connectivity index (χ0n) is 19.6. The van der Waals surface area contributed by atoms with Crippen molar-refractivity contribution in [2.75, 3.05) is 0 Å². The van der Waals surface area contributed by atoms with E-state index in [1.54, 1.807) is 0 Å². The van der Waals surface area contributed by atoms with Crippen molar-refractivity contribution in [3.63, 3.8) is 0 Å². The summed E-state index contributed by atoms with van der Waals surface area (Å²) in [5, 5.41) is -0.547. The van der Waals surface area contributed by atoms with Crippen LogP contribution >= 0.6 is 23.5 Å². The Balaban J connectivity index is 1.50. The summed E-state index contributed by atoms with van der Waals surface area (Å²) in [7, 11) is 0. The Morgan fingerprint density at radius 2 is 1.27 bits per heavy atom. The number of rotatable bonds is 6. The first-order valence-electron chi connectivity index (χ1n) is 11.1. The van der Waals surface area contributed by atoms with E-state index in [0.29, 0.717) is 6.42 Å². The number of carbonyl (C=O) groups is 4. The summed E-state index contributed by atoms with van der Waals surface area (Å²) >= 11 is 2.92. The van der Waals surface area contributed by atoms with E-state index < -0.39 is 51.9 Å². The van der Waals surface area contributed by atoms with Crippen LogP contribution in [0.5, 0.6) is 0 Å². The van der Waals surface area contributed by atoms with E-state index in [9.17, 15) is 19.2 Å². The van der Waals surface area contributed by atoms with Crippen LogP contribution < -0.4 is 11.5 Å². The van der Waals surface area contributed by atoms with Crippen molar-refractivity contribution in [3.05, 3.63) is 0 Å². The minimum Gasteiger partial charge on any atom is -0.423 e. The Morgan fingerprint density at radius 3 is 1.61 bits per heavy atom. The van der Waals surface area contributed by atoms with Gasteiger partial charge in [0.2, 0.25) is 18.1 Å². The molecule has 10 nitrogen and oxygen atoms in total. The van der Waals surface area contributed by atoms with Gasteiger partial charge in [-0.2, -0.15) is 0 Å². The lowest BCUT2D eigenvalue weighted by Gasteiger charge is -2.43. The van der Waals surface area contributed by atoms with Crippen LogP contribution in [0.3, 0.4) is 0 Å². The average molecular weight is 501 g/mol. The maximum Gasteiger partial charge on any atom is 0.333 e. The van der Waals surface area contributed by atoms with Crippen molar-refractivity contribution < 1.29 is 28.7 Å². The fourth-order valence-electron chi connectivity index (χ4n) is 4.85. The second-order valence-electron chi connectivity index (χ2n) is 10.2. The first kappa shape index (κ1) is 24.6. The van der Waals surface area contributed by atoms with Gasteiger partial charge in [-0.25, -0.2) is 9.59 Å². The molecule has 0 radical (unpaired) electrons. The maximum absolute atomic E-state index is 13.2. The molecule has 3 unspecified atom stereocenters. The SMILES string of the molecule is CCC(C)C(OC(=O)[C@@H]1N2C(=O)C(N)[C@H]2SC1(C)C)OC(=O)[C@@H]1N2C(=O)C(N)[C@H]2SC1(C)C. The molecule has 4 saturated heterocycles. The third-order valence-electron chi connectivity index (χ3n) is 6.98. The highest BCUT2D eigenvalue weighted by Gasteiger charge is 2.65. The smallest absolute Gasteiger partial charge is 0.333 e. The largest absolute Gasteiger partial charge is 0.423 e. The summed E-state index contributed by atoms with van der Waals surface area (Å²) < 4.78 is 10.2. The molecule has 33 heavy (non-hydrogen) atoms. The van der Waals surface area contributed by atoms with Gasteiger partial charge in [0.15, 0.2) is 0 Å². The zero-order chi connectivity index (χ0) is 24.6. The lowest BCUT2D eigenvalue weighted by atomic mass is 9.96. The standard InChI is InChI=1S/C21H32N4O6S2/c1-7-8(2)19(30-17(28)11-20(3,4)32-15-9(22)13(26)24(11)15)31-18(29)12-21(5,6)33-16-10(23)14(27)25(12)16/h8-12,15-16,19H,7,22-23H2,1-6H3/t8?,9?,10?,11-,12-,15+,16+,19?/m0/s1. The summed E-state index contributed by atoms with van der Waals surface area (Å²) in [4.78, 5) is 54.1. The molecule has 4 aliphatic heterocycles. The summed E-state index contributed by atoms with van der Waals surface area (Å²) in [6, 6.07) is -2.93. The predicted octanol–water partition coefficient (Wildman–Crippen LogP) is 0.224. The van der Waals surface area contributed by atoms with E-state index in [1.807, 2.05) is 41.5 Å². The molecule has 0 aromatic rings. The van der Waals surface area contributed by atoms with Crippen LogP contribution in [0.15, 0.2) is 0 Å². The minimum absolute atomic E-state index is 0.274. The molecule has 0 bridgehead atoms. The van der Waals surface area contributed by atoms with Crippen molar-refractivity contribution >= 4 is 47.3 Å². The Bertz CT molecular complexity index is 832. The molecular weight excluding hydrogens is 468 g/mol. The van der Waals surface area contributed by atoms with Crippen LogP contribution in [-0.2, 0) is 28.7 Å². The third kappa shape index (κ3) is 3.64. The van der Waals surface area contributed by atoms with E-state index in [1.165, 1.54) is 33.3 Å². The number of carbonyl (C=O) groups excluding carboxylic acids is 4. The normalized spacial score (nSPS) is 37.5. The highest BCUT2D eigenvalue weighted by molar-refractivity contribution is 8.02. The second kappa shape index (κ2) is 8.03. The number of hydrogen-bond donors (Lipinski definition) is 2. The summed E-state index contributed by atoms with van der Waals surface area (Å²) in [5.41, 5.74) is 11.8. The highest BCUT2D eigenvalue weighted by atomic mass is 32.2. The van der Waals surface area contributed by atoms with Gasteiger partial charge >= 0.3 is 11.9 Å². The Morgan fingerprint density at radius 1 is 0.909 bits per heavy atom. The fourth-order valence-corrected chi connectivity index (χ4v) is 7.98. The fraction of sp³-hybridized carbons (Fsp3) is 0.810. The van der Waals surface area contributed by atoms with E-state index in [4.69, 9.17) is 20.9 Å². The molecular formula is C21H32N4O6S2. The van der Waals surface area contributed by atoms with Crippen LogP contribution in [0.1, 0.15) is 48.0 Å². The van der Waals surface area contributed by atoms with Crippen LogP contribution in [0.2, 0.25) is 0 Å². The van der Waals surface area contributed by atoms with E-state index in [2.05, 4.69) is 0 Å². The molecule has 0 spiro atoms. The molecule has 0 aromatic carbocycles. The molecule has 0 aliphatic carbocycles. The number of β-lactam (4-membered cyclic amide) rings is 2. The van der Waals surface area contributed by atoms with Gasteiger partial charge in [-0.1, -0.05) is 13.8 Å². The topological polar surface area (TPSA) is 145 Å². The summed E-state index contributed by atoms with van der Waals surface area (Å²) in [6.45, 7) is 11.2. The number of amides is 2. The second-order valence-corrected chi connectivity index (χ2v) is 13.7. The molecule has 2 amide bonds. The number of hydrogen-bond acceptors (Lipinski definition) is 10.